The average molecular weight is 243 g/mol. The Morgan fingerprint density at radius 1 is 1.11 bits per heavy atom. The number of pyridine rings is 1. The van der Waals surface area contributed by atoms with Gasteiger partial charge in [0.05, 0.1) is 5.69 Å². The zero-order chi connectivity index (χ0) is 13.1. The third kappa shape index (κ3) is 2.80. The van der Waals surface area contributed by atoms with Gasteiger partial charge in [0.15, 0.2) is 0 Å². The number of aryl methyl sites for hydroxylation is 3. The average Bonchev–Trinajstić information content (AvgIpc) is 2.32. The third-order valence-corrected chi connectivity index (χ3v) is 2.97. The number of nitrogens with one attached hydrogen (secondary N) is 1. The zero-order valence-corrected chi connectivity index (χ0v) is 11.1. The van der Waals surface area contributed by atoms with Crippen molar-refractivity contribution >= 4 is 5.82 Å². The molecule has 0 amide bonds. The lowest BCUT2D eigenvalue weighted by Crippen LogP contribution is -2.15. The van der Waals surface area contributed by atoms with Gasteiger partial charge in [0.2, 0.25) is 5.75 Å². The highest BCUT2D eigenvalue weighted by Gasteiger charge is 2.08. The Labute approximate surface area is 108 Å². The molecular formula is C15H19N2O+. The highest BCUT2D eigenvalue weighted by Crippen LogP contribution is 2.19. The van der Waals surface area contributed by atoms with Gasteiger partial charge in [-0.15, -0.1) is 0 Å². The van der Waals surface area contributed by atoms with Crippen LogP contribution in [-0.2, 0) is 6.61 Å². The smallest absolute Gasteiger partial charge is 0.313 e. The fourth-order valence-electron chi connectivity index (χ4n) is 1.84. The van der Waals surface area contributed by atoms with Gasteiger partial charge in [-0.25, -0.2) is 4.98 Å². The quantitative estimate of drug-likeness (QED) is 0.900. The number of nitrogen functional groups attached to an aromatic ring is 1. The summed E-state index contributed by atoms with van der Waals surface area (Å²) in [6.07, 6.45) is 0. The lowest BCUT2D eigenvalue weighted by atomic mass is 10.1. The van der Waals surface area contributed by atoms with E-state index in [9.17, 15) is 0 Å². The molecule has 0 aliphatic heterocycles. The number of anilines is 1. The number of aromatic amines is 1. The molecule has 0 saturated carbocycles. The summed E-state index contributed by atoms with van der Waals surface area (Å²) < 4.78 is 5.76. The van der Waals surface area contributed by atoms with Crippen LogP contribution in [0, 0.1) is 20.8 Å². The number of rotatable bonds is 3. The van der Waals surface area contributed by atoms with Crippen molar-refractivity contribution in [1.29, 1.82) is 0 Å². The van der Waals surface area contributed by atoms with Crippen LogP contribution in [0.3, 0.4) is 0 Å². The van der Waals surface area contributed by atoms with Crippen LogP contribution in [0.15, 0.2) is 30.3 Å². The molecule has 0 atom stereocenters. The summed E-state index contributed by atoms with van der Waals surface area (Å²) in [6, 6.07) is 10.2. The van der Waals surface area contributed by atoms with E-state index in [0.29, 0.717) is 18.2 Å². The van der Waals surface area contributed by atoms with Crippen molar-refractivity contribution in [2.24, 2.45) is 0 Å². The maximum absolute atomic E-state index is 5.87. The van der Waals surface area contributed by atoms with E-state index in [2.05, 4.69) is 37.0 Å². The minimum Gasteiger partial charge on any atom is -0.481 e. The van der Waals surface area contributed by atoms with E-state index < -0.39 is 0 Å². The summed E-state index contributed by atoms with van der Waals surface area (Å²) in [4.78, 5) is 3.05. The molecule has 0 bridgehead atoms. The molecule has 1 aromatic carbocycles. The van der Waals surface area contributed by atoms with Crippen LogP contribution in [0.25, 0.3) is 0 Å². The largest absolute Gasteiger partial charge is 0.481 e. The van der Waals surface area contributed by atoms with Crippen molar-refractivity contribution in [3.8, 4) is 5.75 Å². The summed E-state index contributed by atoms with van der Waals surface area (Å²) in [7, 11) is 0. The number of hydrogen-bond donors (Lipinski definition) is 1. The van der Waals surface area contributed by atoms with Crippen molar-refractivity contribution in [2.45, 2.75) is 27.4 Å². The van der Waals surface area contributed by atoms with Gasteiger partial charge in [-0.2, -0.15) is 0 Å². The van der Waals surface area contributed by atoms with E-state index >= 15 is 0 Å². The van der Waals surface area contributed by atoms with Crippen molar-refractivity contribution in [1.82, 2.24) is 0 Å². The number of aromatic nitrogens is 1. The van der Waals surface area contributed by atoms with E-state index in [1.54, 1.807) is 0 Å². The normalized spacial score (nSPS) is 10.4. The maximum atomic E-state index is 5.87. The molecule has 18 heavy (non-hydrogen) atoms. The number of nitrogens with two attached hydrogens (primary N) is 1. The van der Waals surface area contributed by atoms with Crippen LogP contribution in [0.1, 0.15) is 22.4 Å². The molecule has 0 aliphatic carbocycles. The second-order valence-corrected chi connectivity index (χ2v) is 4.64. The number of benzene rings is 1. The molecule has 2 aromatic rings. The highest BCUT2D eigenvalue weighted by atomic mass is 16.5. The first-order valence-corrected chi connectivity index (χ1v) is 6.03. The number of hydrogen-bond acceptors (Lipinski definition) is 2. The second-order valence-electron chi connectivity index (χ2n) is 4.64. The molecule has 1 heterocycles. The first-order chi connectivity index (χ1) is 8.56. The lowest BCUT2D eigenvalue weighted by Gasteiger charge is -2.09. The molecule has 0 saturated heterocycles. The molecule has 0 aliphatic rings. The van der Waals surface area contributed by atoms with Crippen LogP contribution in [0.5, 0.6) is 5.75 Å². The first-order valence-electron chi connectivity index (χ1n) is 6.03. The van der Waals surface area contributed by atoms with Crippen LogP contribution < -0.4 is 15.5 Å². The molecule has 0 radical (unpaired) electrons. The number of H-pyrrole nitrogens is 1. The van der Waals surface area contributed by atoms with Gasteiger partial charge < -0.3 is 4.74 Å². The van der Waals surface area contributed by atoms with Gasteiger partial charge in [-0.1, -0.05) is 23.8 Å². The van der Waals surface area contributed by atoms with E-state index in [1.165, 1.54) is 16.7 Å². The molecule has 0 spiro atoms. The van der Waals surface area contributed by atoms with Crippen LogP contribution in [0.4, 0.5) is 5.82 Å². The Morgan fingerprint density at radius 2 is 1.89 bits per heavy atom. The van der Waals surface area contributed by atoms with Crippen molar-refractivity contribution in [3.63, 3.8) is 0 Å². The molecule has 3 heteroatoms. The SMILES string of the molecule is Cc1ccc(C)c(COc2ccc(C)[nH+]c2N)c1. The van der Waals surface area contributed by atoms with Gasteiger partial charge in [0, 0.05) is 0 Å². The first kappa shape index (κ1) is 12.4. The van der Waals surface area contributed by atoms with Gasteiger partial charge in [0.1, 0.15) is 6.61 Å². The van der Waals surface area contributed by atoms with Crippen molar-refractivity contribution in [2.75, 3.05) is 5.73 Å². The molecule has 0 fully saturated rings. The fraction of sp³-hybridized carbons (Fsp3) is 0.267. The Bertz CT molecular complexity index is 564. The predicted molar refractivity (Wildman–Crippen MR) is 72.4 cm³/mol. The van der Waals surface area contributed by atoms with E-state index in [4.69, 9.17) is 10.5 Å². The second kappa shape index (κ2) is 5.08. The Morgan fingerprint density at radius 3 is 2.61 bits per heavy atom. The van der Waals surface area contributed by atoms with E-state index in [1.807, 2.05) is 19.1 Å². The highest BCUT2D eigenvalue weighted by molar-refractivity contribution is 5.41. The van der Waals surface area contributed by atoms with Gasteiger partial charge in [-0.05, 0) is 44.0 Å². The van der Waals surface area contributed by atoms with Crippen LogP contribution in [0.2, 0.25) is 0 Å². The minimum atomic E-state index is 0.536. The van der Waals surface area contributed by atoms with Crippen molar-refractivity contribution in [3.05, 3.63) is 52.7 Å². The molecule has 1 aromatic heterocycles. The Kier molecular flexibility index (Phi) is 3.51. The topological polar surface area (TPSA) is 49.4 Å². The minimum absolute atomic E-state index is 0.536. The zero-order valence-electron chi connectivity index (χ0n) is 11.1. The fourth-order valence-corrected chi connectivity index (χ4v) is 1.84. The van der Waals surface area contributed by atoms with Gasteiger partial charge >= 0.3 is 5.82 Å². The summed E-state index contributed by atoms with van der Waals surface area (Å²) in [5, 5.41) is 0. The summed E-state index contributed by atoms with van der Waals surface area (Å²) in [5.41, 5.74) is 10.6. The third-order valence-electron chi connectivity index (χ3n) is 2.97. The monoisotopic (exact) mass is 243 g/mol. The molecule has 0 unspecified atom stereocenters. The number of ether oxygens (including phenoxy) is 1. The summed E-state index contributed by atoms with van der Waals surface area (Å²) >= 11 is 0. The van der Waals surface area contributed by atoms with E-state index in [-0.39, 0.29) is 0 Å². The molecule has 2 rings (SSSR count). The molecule has 3 N–H and O–H groups in total. The predicted octanol–water partition coefficient (Wildman–Crippen LogP) is 2.59. The maximum Gasteiger partial charge on any atom is 0.313 e. The van der Waals surface area contributed by atoms with Gasteiger partial charge in [-0.3, -0.25) is 5.73 Å². The summed E-state index contributed by atoms with van der Waals surface area (Å²) in [6.45, 7) is 6.67. The van der Waals surface area contributed by atoms with Crippen molar-refractivity contribution < 1.29 is 9.72 Å². The van der Waals surface area contributed by atoms with E-state index in [0.717, 1.165) is 5.69 Å². The molecular weight excluding hydrogens is 224 g/mol. The van der Waals surface area contributed by atoms with Gasteiger partial charge in [0.25, 0.3) is 0 Å². The molecule has 94 valence electrons. The lowest BCUT2D eigenvalue weighted by molar-refractivity contribution is -0.371. The van der Waals surface area contributed by atoms with Crippen LogP contribution >= 0.6 is 0 Å². The van der Waals surface area contributed by atoms with Crippen LogP contribution in [-0.4, -0.2) is 0 Å². The Balaban J connectivity index is 2.13. The molecule has 3 nitrogen and oxygen atoms in total. The Hall–Kier alpha value is -2.03. The standard InChI is InChI=1S/C15H18N2O/c1-10-4-5-11(2)13(8-10)9-18-14-7-6-12(3)17-15(14)16/h4-8H,9H2,1-3H3,(H2,16,17)/p+1. The summed E-state index contributed by atoms with van der Waals surface area (Å²) in [5.74, 6) is 1.27.